The maximum atomic E-state index is 6.62. The van der Waals surface area contributed by atoms with Crippen molar-refractivity contribution >= 4 is 43.5 Å². The molecule has 0 atom stereocenters. The zero-order valence-electron chi connectivity index (χ0n) is 29.7. The van der Waals surface area contributed by atoms with Crippen LogP contribution in [0.25, 0.3) is 100 Å². The van der Waals surface area contributed by atoms with Crippen molar-refractivity contribution in [2.45, 2.75) is 20.3 Å². The van der Waals surface area contributed by atoms with Gasteiger partial charge in [0.15, 0.2) is 23.3 Å². The van der Waals surface area contributed by atoms with Gasteiger partial charge in [-0.2, -0.15) is 0 Å². The highest BCUT2D eigenvalue weighted by molar-refractivity contribution is 6.16. The summed E-state index contributed by atoms with van der Waals surface area (Å²) in [4.78, 5) is 28.9. The summed E-state index contributed by atoms with van der Waals surface area (Å²) in [5.74, 6) is 3.97. The Morgan fingerprint density at radius 3 is 1.83 bits per heavy atom. The minimum atomic E-state index is 0.600. The second-order valence-corrected chi connectivity index (χ2v) is 13.4. The summed E-state index contributed by atoms with van der Waals surface area (Å²) < 4.78 is 6.62. The number of para-hydroxylation sites is 1. The number of benzene rings is 7. The molecule has 0 amide bonds. The molecule has 54 heavy (non-hydrogen) atoms. The zero-order chi connectivity index (χ0) is 36.2. The van der Waals surface area contributed by atoms with Crippen LogP contribution in [0.3, 0.4) is 0 Å². The summed E-state index contributed by atoms with van der Waals surface area (Å²) in [5.41, 5.74) is 7.42. The van der Waals surface area contributed by atoms with Crippen molar-refractivity contribution in [3.8, 4) is 56.7 Å². The molecule has 0 aliphatic heterocycles. The molecule has 0 bridgehead atoms. The molecule has 10 rings (SSSR count). The van der Waals surface area contributed by atoms with Crippen molar-refractivity contribution in [2.24, 2.45) is 0 Å². The SMILES string of the molecule is CCc1nc(-c2ccccc2)nc(-c2cccc3c2oc2ccc(-c4cc5ccccc5c5ccc(-c6nc(C)nc(-c7ccccc7)n6)cc45)cc23)n1. The van der Waals surface area contributed by atoms with Gasteiger partial charge in [0.05, 0.1) is 5.56 Å². The first kappa shape index (κ1) is 31.6. The highest BCUT2D eigenvalue weighted by atomic mass is 16.3. The molecule has 3 heterocycles. The van der Waals surface area contributed by atoms with Crippen LogP contribution in [0.1, 0.15) is 18.6 Å². The Hall–Kier alpha value is -7.12. The average molecular weight is 697 g/mol. The van der Waals surface area contributed by atoms with Gasteiger partial charge in [0.1, 0.15) is 22.8 Å². The van der Waals surface area contributed by atoms with E-state index in [4.69, 9.17) is 29.3 Å². The van der Waals surface area contributed by atoms with Crippen LogP contribution in [0.4, 0.5) is 0 Å². The molecule has 0 aliphatic carbocycles. The standard InChI is InChI=1S/C47H32N6O/c1-3-42-50-45(30-15-8-5-9-16-30)53-47(51-42)37-20-12-19-36-40-26-32(22-24-41(40)54-43(36)37)38-25-31-17-10-11-18-34(31)35-23-21-33(27-39(35)38)46-49-28(2)48-44(52-46)29-13-6-4-7-14-29/h4-27H,3H2,1-2H3. The first-order chi connectivity index (χ1) is 26.6. The molecule has 0 radical (unpaired) electrons. The van der Waals surface area contributed by atoms with Crippen molar-refractivity contribution in [1.29, 1.82) is 0 Å². The minimum absolute atomic E-state index is 0.600. The fourth-order valence-corrected chi connectivity index (χ4v) is 7.37. The molecular formula is C47H32N6O. The van der Waals surface area contributed by atoms with E-state index in [1.807, 2.05) is 73.7 Å². The van der Waals surface area contributed by atoms with E-state index in [-0.39, 0.29) is 0 Å². The molecule has 0 unspecified atom stereocenters. The summed E-state index contributed by atoms with van der Waals surface area (Å²) >= 11 is 0. The lowest BCUT2D eigenvalue weighted by Gasteiger charge is -2.13. The van der Waals surface area contributed by atoms with E-state index in [1.165, 1.54) is 10.8 Å². The first-order valence-electron chi connectivity index (χ1n) is 18.1. The number of aromatic nitrogens is 6. The second kappa shape index (κ2) is 12.8. The molecule has 7 nitrogen and oxygen atoms in total. The molecule has 0 saturated heterocycles. The normalized spacial score (nSPS) is 11.6. The quantitative estimate of drug-likeness (QED) is 0.160. The predicted molar refractivity (Wildman–Crippen MR) is 217 cm³/mol. The number of hydrogen-bond acceptors (Lipinski definition) is 7. The first-order valence-corrected chi connectivity index (χ1v) is 18.1. The monoisotopic (exact) mass is 696 g/mol. The van der Waals surface area contributed by atoms with Crippen molar-refractivity contribution in [1.82, 2.24) is 29.9 Å². The van der Waals surface area contributed by atoms with Crippen molar-refractivity contribution in [3.63, 3.8) is 0 Å². The van der Waals surface area contributed by atoms with Gasteiger partial charge in [-0.15, -0.1) is 0 Å². The molecule has 7 aromatic carbocycles. The molecule has 10 aromatic rings. The van der Waals surface area contributed by atoms with Gasteiger partial charge >= 0.3 is 0 Å². The molecule has 0 saturated carbocycles. The molecule has 0 N–H and O–H groups in total. The van der Waals surface area contributed by atoms with E-state index < -0.39 is 0 Å². The summed E-state index contributed by atoms with van der Waals surface area (Å²) in [6.45, 7) is 3.98. The summed E-state index contributed by atoms with van der Waals surface area (Å²) in [6, 6.07) is 50.1. The van der Waals surface area contributed by atoms with Gasteiger partial charge in [-0.3, -0.25) is 0 Å². The van der Waals surface area contributed by atoms with Gasteiger partial charge in [0.2, 0.25) is 0 Å². The lowest BCUT2D eigenvalue weighted by atomic mass is 9.91. The van der Waals surface area contributed by atoms with E-state index in [9.17, 15) is 0 Å². The summed E-state index contributed by atoms with van der Waals surface area (Å²) in [7, 11) is 0. The predicted octanol–water partition coefficient (Wildman–Crippen LogP) is 11.5. The van der Waals surface area contributed by atoms with Crippen LogP contribution in [0.2, 0.25) is 0 Å². The van der Waals surface area contributed by atoms with Gasteiger partial charge < -0.3 is 4.42 Å². The molecule has 256 valence electrons. The fraction of sp³-hybridized carbons (Fsp3) is 0.0638. The Kier molecular flexibility index (Phi) is 7.51. The smallest absolute Gasteiger partial charge is 0.167 e. The average Bonchev–Trinajstić information content (AvgIpc) is 3.61. The fourth-order valence-electron chi connectivity index (χ4n) is 7.37. The van der Waals surface area contributed by atoms with Gasteiger partial charge in [-0.05, 0) is 69.9 Å². The second-order valence-electron chi connectivity index (χ2n) is 13.4. The third kappa shape index (κ3) is 5.45. The van der Waals surface area contributed by atoms with E-state index in [2.05, 4.69) is 90.8 Å². The van der Waals surface area contributed by atoms with Crippen LogP contribution >= 0.6 is 0 Å². The minimum Gasteiger partial charge on any atom is -0.455 e. The number of aryl methyl sites for hydroxylation is 2. The van der Waals surface area contributed by atoms with Gasteiger partial charge in [0, 0.05) is 33.9 Å². The van der Waals surface area contributed by atoms with Crippen LogP contribution in [0.15, 0.2) is 150 Å². The van der Waals surface area contributed by atoms with Crippen molar-refractivity contribution in [3.05, 3.63) is 157 Å². The maximum absolute atomic E-state index is 6.62. The number of rotatable bonds is 6. The van der Waals surface area contributed by atoms with Crippen LogP contribution < -0.4 is 0 Å². The van der Waals surface area contributed by atoms with Crippen LogP contribution in [-0.4, -0.2) is 29.9 Å². The van der Waals surface area contributed by atoms with E-state index in [0.717, 1.165) is 71.9 Å². The van der Waals surface area contributed by atoms with Crippen LogP contribution in [-0.2, 0) is 6.42 Å². The largest absolute Gasteiger partial charge is 0.455 e. The van der Waals surface area contributed by atoms with Gasteiger partial charge in [-0.25, -0.2) is 29.9 Å². The van der Waals surface area contributed by atoms with E-state index >= 15 is 0 Å². The Morgan fingerprint density at radius 1 is 0.426 bits per heavy atom. The Labute approximate surface area is 311 Å². The van der Waals surface area contributed by atoms with E-state index in [1.54, 1.807) is 0 Å². The lowest BCUT2D eigenvalue weighted by molar-refractivity contribution is 0.669. The summed E-state index contributed by atoms with van der Waals surface area (Å²) in [5, 5.41) is 6.67. The topological polar surface area (TPSA) is 90.5 Å². The Balaban J connectivity index is 1.14. The third-order valence-electron chi connectivity index (χ3n) is 9.98. The van der Waals surface area contributed by atoms with Crippen molar-refractivity contribution in [2.75, 3.05) is 0 Å². The lowest BCUT2D eigenvalue weighted by Crippen LogP contribution is -2.02. The molecule has 0 fully saturated rings. The van der Waals surface area contributed by atoms with Crippen LogP contribution in [0, 0.1) is 6.92 Å². The van der Waals surface area contributed by atoms with Gasteiger partial charge in [-0.1, -0.05) is 122 Å². The summed E-state index contributed by atoms with van der Waals surface area (Å²) in [6.07, 6.45) is 0.692. The maximum Gasteiger partial charge on any atom is 0.167 e. The van der Waals surface area contributed by atoms with Crippen LogP contribution in [0.5, 0.6) is 0 Å². The Morgan fingerprint density at radius 2 is 1.06 bits per heavy atom. The molecular weight excluding hydrogens is 665 g/mol. The molecule has 7 heteroatoms. The van der Waals surface area contributed by atoms with Crippen molar-refractivity contribution < 1.29 is 4.42 Å². The molecule has 3 aromatic heterocycles. The Bertz CT molecular complexity index is 3050. The highest BCUT2D eigenvalue weighted by Gasteiger charge is 2.19. The molecule has 0 spiro atoms. The number of furan rings is 1. The number of nitrogens with zero attached hydrogens (tertiary/aromatic N) is 6. The highest BCUT2D eigenvalue weighted by Crippen LogP contribution is 2.41. The van der Waals surface area contributed by atoms with Gasteiger partial charge in [0.25, 0.3) is 0 Å². The number of hydrogen-bond donors (Lipinski definition) is 0. The number of fused-ring (bicyclic) bond motifs is 6. The third-order valence-corrected chi connectivity index (χ3v) is 9.98. The molecule has 0 aliphatic rings. The van der Waals surface area contributed by atoms with E-state index in [0.29, 0.717) is 35.5 Å². The zero-order valence-corrected chi connectivity index (χ0v) is 29.7.